The van der Waals surface area contributed by atoms with Gasteiger partial charge in [0.05, 0.1) is 12.7 Å². The van der Waals surface area contributed by atoms with E-state index in [1.165, 1.54) is 11.3 Å². The number of aryl methyl sites for hydroxylation is 2. The van der Waals surface area contributed by atoms with Crippen molar-refractivity contribution >= 4 is 52.1 Å². The molecule has 194 valence electrons. The minimum atomic E-state index is -1.35. The van der Waals surface area contributed by atoms with Gasteiger partial charge in [0.2, 0.25) is 0 Å². The number of halogens is 3. The van der Waals surface area contributed by atoms with E-state index < -0.39 is 37.5 Å². The maximum atomic E-state index is 12.2. The highest BCUT2D eigenvalue weighted by atomic mass is 35.5. The fourth-order valence-electron chi connectivity index (χ4n) is 4.62. The Morgan fingerprint density at radius 2 is 1.77 bits per heavy atom. The predicted molar refractivity (Wildman–Crippen MR) is 139 cm³/mol. The quantitative estimate of drug-likeness (QED) is 0.223. The summed E-state index contributed by atoms with van der Waals surface area (Å²) in [5.74, 6) is -0.277. The van der Waals surface area contributed by atoms with Gasteiger partial charge in [-0.3, -0.25) is 0 Å². The van der Waals surface area contributed by atoms with Crippen molar-refractivity contribution < 1.29 is 30.0 Å². The number of hydrogen-bond acceptors (Lipinski definition) is 7. The number of carbonyl (C=O) groups is 1. The molecule has 3 rings (SSSR count). The Labute approximate surface area is 224 Å². The Balaban J connectivity index is 1.48. The fourth-order valence-corrected chi connectivity index (χ4v) is 6.63. The number of hydrogen-bond donors (Lipinski definition) is 4. The smallest absolute Gasteiger partial charge is 0.348 e. The van der Waals surface area contributed by atoms with Crippen LogP contribution in [0.2, 0.25) is 10.0 Å². The molecule has 0 saturated heterocycles. The summed E-state index contributed by atoms with van der Waals surface area (Å²) in [6.07, 6.45) is 1.55. The molecule has 1 aliphatic carbocycles. The maximum Gasteiger partial charge on any atom is 0.348 e. The lowest BCUT2D eigenvalue weighted by Crippen LogP contribution is -2.34. The molecule has 0 aliphatic heterocycles. The zero-order chi connectivity index (χ0) is 25.5. The average Bonchev–Trinajstić information content (AvgIpc) is 3.38. The van der Waals surface area contributed by atoms with Crippen LogP contribution in [0.15, 0.2) is 30.3 Å². The Kier molecular flexibility index (Phi) is 11.1. The predicted octanol–water partition coefficient (Wildman–Crippen LogP) is 4.49. The highest BCUT2D eigenvalue weighted by Crippen LogP contribution is 2.42. The summed E-state index contributed by atoms with van der Waals surface area (Å²) >= 11 is 20.2. The summed E-state index contributed by atoms with van der Waals surface area (Å²) in [7, 11) is 0. The molecule has 1 aromatic carbocycles. The molecular formula is C25H31Cl3O6S. The van der Waals surface area contributed by atoms with Crippen LogP contribution in [0.5, 0.6) is 0 Å². The van der Waals surface area contributed by atoms with Gasteiger partial charge in [0.15, 0.2) is 0 Å². The van der Waals surface area contributed by atoms with Crippen molar-refractivity contribution in [3.8, 4) is 0 Å². The van der Waals surface area contributed by atoms with E-state index in [4.69, 9.17) is 44.6 Å². The molecule has 1 aromatic heterocycles. The first kappa shape index (κ1) is 28.7. The molecule has 1 heterocycles. The number of aliphatic hydroxyl groups is 4. The third kappa shape index (κ3) is 8.30. The summed E-state index contributed by atoms with van der Waals surface area (Å²) in [5, 5.41) is 39.5. The molecular weight excluding hydrogens is 535 g/mol. The molecule has 1 saturated carbocycles. The summed E-state index contributed by atoms with van der Waals surface area (Å²) in [6, 6.07) is 9.06. The number of esters is 1. The Bertz CT molecular complexity index is 950. The first-order valence-corrected chi connectivity index (χ1v) is 13.7. The van der Waals surface area contributed by atoms with Crippen molar-refractivity contribution in [3.05, 3.63) is 55.7 Å². The van der Waals surface area contributed by atoms with Crippen LogP contribution in [0, 0.1) is 11.8 Å². The standard InChI is InChI=1S/C25H31Cl3O6S/c26-15-8-14(9-16(27)10-15)4-6-19-18(20(28)11-21(19)30)3-1-2-17-5-7-24(35-17)25(33)34-13-23(32)22(31)12-29/h5,7-10,18-23,29-32H,1-4,6,11-13H2. The van der Waals surface area contributed by atoms with Crippen LogP contribution in [0.4, 0.5) is 0 Å². The second-order valence-corrected chi connectivity index (χ2v) is 11.6. The molecule has 0 amide bonds. The lowest BCUT2D eigenvalue weighted by atomic mass is 9.85. The van der Waals surface area contributed by atoms with Crippen LogP contribution in [0.1, 0.15) is 45.8 Å². The molecule has 6 nitrogen and oxygen atoms in total. The van der Waals surface area contributed by atoms with Gasteiger partial charge in [-0.15, -0.1) is 22.9 Å². The topological polar surface area (TPSA) is 107 Å². The van der Waals surface area contributed by atoms with Crippen molar-refractivity contribution in [2.75, 3.05) is 13.2 Å². The van der Waals surface area contributed by atoms with Gasteiger partial charge in [-0.1, -0.05) is 23.2 Å². The van der Waals surface area contributed by atoms with Crippen LogP contribution >= 0.6 is 46.1 Å². The zero-order valence-corrected chi connectivity index (χ0v) is 22.2. The van der Waals surface area contributed by atoms with E-state index in [9.17, 15) is 20.1 Å². The van der Waals surface area contributed by atoms with E-state index in [0.717, 1.165) is 42.5 Å². The van der Waals surface area contributed by atoms with E-state index in [1.54, 1.807) is 12.1 Å². The molecule has 2 aromatic rings. The highest BCUT2D eigenvalue weighted by Gasteiger charge is 2.40. The molecule has 35 heavy (non-hydrogen) atoms. The fraction of sp³-hybridized carbons (Fsp3) is 0.560. The van der Waals surface area contributed by atoms with Crippen molar-refractivity contribution in [1.29, 1.82) is 0 Å². The molecule has 0 spiro atoms. The summed E-state index contributed by atoms with van der Waals surface area (Å²) < 4.78 is 5.02. The van der Waals surface area contributed by atoms with E-state index in [1.807, 2.05) is 18.2 Å². The molecule has 0 bridgehead atoms. The number of ether oxygens (including phenoxy) is 1. The van der Waals surface area contributed by atoms with Crippen molar-refractivity contribution in [3.63, 3.8) is 0 Å². The summed E-state index contributed by atoms with van der Waals surface area (Å²) in [4.78, 5) is 13.6. The van der Waals surface area contributed by atoms with Gasteiger partial charge in [-0.05, 0) is 86.3 Å². The molecule has 10 heteroatoms. The Hall–Kier alpha value is -0.900. The van der Waals surface area contributed by atoms with Crippen LogP contribution in [0.3, 0.4) is 0 Å². The van der Waals surface area contributed by atoms with Crippen LogP contribution < -0.4 is 0 Å². The monoisotopic (exact) mass is 564 g/mol. The Morgan fingerprint density at radius 1 is 1.06 bits per heavy atom. The van der Waals surface area contributed by atoms with Crippen molar-refractivity contribution in [1.82, 2.24) is 0 Å². The minimum absolute atomic E-state index is 0.0764. The van der Waals surface area contributed by atoms with E-state index in [-0.39, 0.29) is 17.2 Å². The molecule has 0 radical (unpaired) electrons. The van der Waals surface area contributed by atoms with Crippen LogP contribution in [0.25, 0.3) is 0 Å². The number of carbonyl (C=O) groups excluding carboxylic acids is 1. The lowest BCUT2D eigenvalue weighted by molar-refractivity contribution is -0.0466. The molecule has 1 fully saturated rings. The van der Waals surface area contributed by atoms with Crippen molar-refractivity contribution in [2.45, 2.75) is 62.2 Å². The van der Waals surface area contributed by atoms with Crippen LogP contribution in [-0.4, -0.2) is 63.3 Å². The third-order valence-electron chi connectivity index (χ3n) is 6.50. The lowest BCUT2D eigenvalue weighted by Gasteiger charge is -2.23. The van der Waals surface area contributed by atoms with Gasteiger partial charge < -0.3 is 25.2 Å². The summed E-state index contributed by atoms with van der Waals surface area (Å²) in [6.45, 7) is -1.00. The van der Waals surface area contributed by atoms with Crippen LogP contribution in [-0.2, 0) is 17.6 Å². The number of aliphatic hydroxyl groups excluding tert-OH is 4. The van der Waals surface area contributed by atoms with Crippen molar-refractivity contribution in [2.24, 2.45) is 11.8 Å². The third-order valence-corrected chi connectivity index (χ3v) is 8.57. The second kappa shape index (κ2) is 13.6. The number of rotatable bonds is 12. The van der Waals surface area contributed by atoms with E-state index in [2.05, 4.69) is 0 Å². The normalized spacial score (nSPS) is 23.9. The molecule has 4 N–H and O–H groups in total. The second-order valence-electron chi connectivity index (χ2n) is 9.04. The molecule has 6 unspecified atom stereocenters. The van der Waals surface area contributed by atoms with Gasteiger partial charge in [-0.25, -0.2) is 4.79 Å². The van der Waals surface area contributed by atoms with Gasteiger partial charge in [0.25, 0.3) is 0 Å². The molecule has 6 atom stereocenters. The molecule has 1 aliphatic rings. The number of alkyl halides is 1. The highest BCUT2D eigenvalue weighted by molar-refractivity contribution is 7.13. The van der Waals surface area contributed by atoms with Gasteiger partial charge in [0, 0.05) is 20.3 Å². The van der Waals surface area contributed by atoms with Gasteiger partial charge in [0.1, 0.15) is 23.7 Å². The maximum absolute atomic E-state index is 12.2. The largest absolute Gasteiger partial charge is 0.459 e. The summed E-state index contributed by atoms with van der Waals surface area (Å²) in [5.41, 5.74) is 1.04. The average molecular weight is 566 g/mol. The number of thiophene rings is 1. The Morgan fingerprint density at radius 3 is 2.46 bits per heavy atom. The van der Waals surface area contributed by atoms with Gasteiger partial charge in [-0.2, -0.15) is 0 Å². The first-order chi connectivity index (χ1) is 16.7. The number of benzene rings is 1. The first-order valence-electron chi connectivity index (χ1n) is 11.7. The van der Waals surface area contributed by atoms with Gasteiger partial charge >= 0.3 is 5.97 Å². The minimum Gasteiger partial charge on any atom is -0.459 e. The van der Waals surface area contributed by atoms with E-state index >= 15 is 0 Å². The zero-order valence-electron chi connectivity index (χ0n) is 19.2. The SMILES string of the molecule is O=C(OCC(O)C(O)CO)c1ccc(CCCC2C(Cl)CC(O)C2CCc2cc(Cl)cc(Cl)c2)s1. The van der Waals surface area contributed by atoms with E-state index in [0.29, 0.717) is 21.3 Å².